The van der Waals surface area contributed by atoms with Gasteiger partial charge in [0.1, 0.15) is 12.4 Å². The van der Waals surface area contributed by atoms with Crippen molar-refractivity contribution in [2.45, 2.75) is 25.0 Å². The lowest BCUT2D eigenvalue weighted by molar-refractivity contribution is -0.116. The van der Waals surface area contributed by atoms with Crippen molar-refractivity contribution >= 4 is 6.02 Å². The predicted molar refractivity (Wildman–Crippen MR) is 87.1 cm³/mol. The van der Waals surface area contributed by atoms with E-state index in [1.54, 1.807) is 24.3 Å². The summed E-state index contributed by atoms with van der Waals surface area (Å²) in [5.74, 6) is -2.68. The van der Waals surface area contributed by atoms with Gasteiger partial charge in [0.25, 0.3) is 6.02 Å². The average molecular weight is 332 g/mol. The first kappa shape index (κ1) is 16.2. The molecule has 2 N–H and O–H groups in total. The first-order valence-electron chi connectivity index (χ1n) is 7.54. The lowest BCUT2D eigenvalue weighted by atomic mass is 9.85. The molecule has 2 aromatic rings. The van der Waals surface area contributed by atoms with Crippen LogP contribution in [0, 0.1) is 0 Å². The molecule has 0 amide bonds. The van der Waals surface area contributed by atoms with Crippen LogP contribution in [-0.4, -0.2) is 18.6 Å². The molecule has 0 aliphatic carbocycles. The molecule has 0 radical (unpaired) electrons. The number of hydrogen-bond acceptors (Lipinski definition) is 4. The maximum Gasteiger partial charge on any atom is 0.310 e. The Morgan fingerprint density at radius 2 is 1.92 bits per heavy atom. The number of amidine groups is 1. The fourth-order valence-corrected chi connectivity index (χ4v) is 2.54. The first-order valence-corrected chi connectivity index (χ1v) is 7.54. The van der Waals surface area contributed by atoms with E-state index in [4.69, 9.17) is 15.2 Å². The minimum atomic E-state index is -3.17. The van der Waals surface area contributed by atoms with Crippen molar-refractivity contribution in [3.8, 4) is 5.75 Å². The SMILES string of the molecule is C[C@]1(c2cccc(OCc3ccccc3)c2)N=C(N)OCC1(F)F. The molecule has 1 atom stereocenters. The summed E-state index contributed by atoms with van der Waals surface area (Å²) in [6.07, 6.45) is 0. The van der Waals surface area contributed by atoms with Crippen LogP contribution in [-0.2, 0) is 16.9 Å². The normalized spacial score (nSPS) is 22.4. The molecule has 1 heterocycles. The zero-order chi connectivity index (χ0) is 17.2. The van der Waals surface area contributed by atoms with Gasteiger partial charge in [-0.05, 0) is 30.2 Å². The summed E-state index contributed by atoms with van der Waals surface area (Å²) < 4.78 is 39.1. The number of rotatable bonds is 4. The van der Waals surface area contributed by atoms with Crippen LogP contribution in [0.3, 0.4) is 0 Å². The van der Waals surface area contributed by atoms with Gasteiger partial charge in [-0.15, -0.1) is 0 Å². The number of benzene rings is 2. The lowest BCUT2D eigenvalue weighted by Crippen LogP contribution is -2.50. The molecule has 0 aromatic heterocycles. The molecule has 0 unspecified atom stereocenters. The van der Waals surface area contributed by atoms with Gasteiger partial charge in [0.05, 0.1) is 0 Å². The Labute approximate surface area is 138 Å². The Bertz CT molecular complexity index is 750. The third-order valence-electron chi connectivity index (χ3n) is 4.09. The highest BCUT2D eigenvalue weighted by atomic mass is 19.3. The van der Waals surface area contributed by atoms with Crippen LogP contribution in [0.1, 0.15) is 18.1 Å². The fourth-order valence-electron chi connectivity index (χ4n) is 2.54. The van der Waals surface area contributed by atoms with Gasteiger partial charge in [0.15, 0.2) is 12.1 Å². The van der Waals surface area contributed by atoms with Crippen molar-refractivity contribution in [2.75, 3.05) is 6.61 Å². The van der Waals surface area contributed by atoms with E-state index in [0.29, 0.717) is 17.9 Å². The van der Waals surface area contributed by atoms with Crippen molar-refractivity contribution in [3.05, 3.63) is 65.7 Å². The summed E-state index contributed by atoms with van der Waals surface area (Å²) in [6, 6.07) is 15.9. The maximum atomic E-state index is 14.4. The molecule has 0 saturated carbocycles. The maximum absolute atomic E-state index is 14.4. The van der Waals surface area contributed by atoms with Crippen LogP contribution in [0.2, 0.25) is 0 Å². The monoisotopic (exact) mass is 332 g/mol. The van der Waals surface area contributed by atoms with Gasteiger partial charge >= 0.3 is 5.92 Å². The molecule has 0 bridgehead atoms. The molecular formula is C18H18F2N2O2. The van der Waals surface area contributed by atoms with Crippen molar-refractivity contribution in [1.29, 1.82) is 0 Å². The Hall–Kier alpha value is -2.63. The van der Waals surface area contributed by atoms with Gasteiger partial charge in [-0.1, -0.05) is 42.5 Å². The molecule has 0 fully saturated rings. The molecule has 3 rings (SSSR count). The minimum Gasteiger partial charge on any atom is -0.489 e. The molecule has 0 spiro atoms. The zero-order valence-corrected chi connectivity index (χ0v) is 13.2. The third-order valence-corrected chi connectivity index (χ3v) is 4.09. The largest absolute Gasteiger partial charge is 0.489 e. The van der Waals surface area contributed by atoms with Gasteiger partial charge in [-0.2, -0.15) is 8.78 Å². The second-order valence-electron chi connectivity index (χ2n) is 5.82. The summed E-state index contributed by atoms with van der Waals surface area (Å²) in [4.78, 5) is 3.86. The quantitative estimate of drug-likeness (QED) is 0.933. The molecule has 1 aliphatic rings. The van der Waals surface area contributed by atoms with Gasteiger partial charge in [0, 0.05) is 0 Å². The predicted octanol–water partition coefficient (Wildman–Crippen LogP) is 3.46. The molecule has 4 nitrogen and oxygen atoms in total. The second kappa shape index (κ2) is 6.11. The number of aliphatic imine (C=N–C) groups is 1. The van der Waals surface area contributed by atoms with Crippen LogP contribution in [0.25, 0.3) is 0 Å². The van der Waals surface area contributed by atoms with E-state index in [1.807, 2.05) is 30.3 Å². The van der Waals surface area contributed by atoms with Crippen LogP contribution in [0.4, 0.5) is 8.78 Å². The number of nitrogens with two attached hydrogens (primary N) is 1. The van der Waals surface area contributed by atoms with E-state index >= 15 is 0 Å². The summed E-state index contributed by atoms with van der Waals surface area (Å²) in [7, 11) is 0. The van der Waals surface area contributed by atoms with Crippen LogP contribution in [0.15, 0.2) is 59.6 Å². The van der Waals surface area contributed by atoms with E-state index in [2.05, 4.69) is 4.99 Å². The number of alkyl halides is 2. The Balaban J connectivity index is 1.86. The highest BCUT2D eigenvalue weighted by Crippen LogP contribution is 2.44. The van der Waals surface area contributed by atoms with Crippen molar-refractivity contribution in [2.24, 2.45) is 10.7 Å². The smallest absolute Gasteiger partial charge is 0.310 e. The fraction of sp³-hybridized carbons (Fsp3) is 0.278. The first-order chi connectivity index (χ1) is 11.4. The third kappa shape index (κ3) is 3.04. The van der Waals surface area contributed by atoms with Gasteiger partial charge < -0.3 is 15.2 Å². The summed E-state index contributed by atoms with van der Waals surface area (Å²) >= 11 is 0. The molecule has 126 valence electrons. The lowest BCUT2D eigenvalue weighted by Gasteiger charge is -2.37. The molecular weight excluding hydrogens is 314 g/mol. The van der Waals surface area contributed by atoms with Crippen molar-refractivity contribution in [1.82, 2.24) is 0 Å². The number of halogens is 2. The molecule has 6 heteroatoms. The summed E-state index contributed by atoms with van der Waals surface area (Å²) in [6.45, 7) is 0.901. The molecule has 0 saturated heterocycles. The van der Waals surface area contributed by atoms with Crippen molar-refractivity contribution in [3.63, 3.8) is 0 Å². The highest BCUT2D eigenvalue weighted by Gasteiger charge is 2.55. The van der Waals surface area contributed by atoms with Crippen LogP contribution < -0.4 is 10.5 Å². The standard InChI is InChI=1S/C18H18F2N2O2/c1-17(18(19,20)12-24-16(21)22-17)14-8-5-9-15(10-14)23-11-13-6-3-2-4-7-13/h2-10H,11-12H2,1H3,(H2,21,22)/t17-/m1/s1. The van der Waals surface area contributed by atoms with E-state index < -0.39 is 18.1 Å². The number of ether oxygens (including phenoxy) is 2. The average Bonchev–Trinajstić information content (AvgIpc) is 2.58. The van der Waals surface area contributed by atoms with E-state index in [1.165, 1.54) is 6.92 Å². The summed E-state index contributed by atoms with van der Waals surface area (Å²) in [5.41, 5.74) is 5.03. The Morgan fingerprint density at radius 1 is 1.17 bits per heavy atom. The molecule has 2 aromatic carbocycles. The van der Waals surface area contributed by atoms with Gasteiger partial charge in [-0.3, -0.25) is 0 Å². The molecule has 24 heavy (non-hydrogen) atoms. The van der Waals surface area contributed by atoms with Gasteiger partial charge in [0.2, 0.25) is 0 Å². The second-order valence-corrected chi connectivity index (χ2v) is 5.82. The van der Waals surface area contributed by atoms with Crippen LogP contribution >= 0.6 is 0 Å². The number of hydrogen-bond donors (Lipinski definition) is 1. The van der Waals surface area contributed by atoms with E-state index in [9.17, 15) is 8.78 Å². The van der Waals surface area contributed by atoms with Crippen LogP contribution in [0.5, 0.6) is 5.75 Å². The Morgan fingerprint density at radius 3 is 2.67 bits per heavy atom. The topological polar surface area (TPSA) is 56.8 Å². The molecule has 1 aliphatic heterocycles. The van der Waals surface area contributed by atoms with Gasteiger partial charge in [-0.25, -0.2) is 4.99 Å². The van der Waals surface area contributed by atoms with Crippen molar-refractivity contribution < 1.29 is 18.3 Å². The highest BCUT2D eigenvalue weighted by molar-refractivity contribution is 5.73. The number of nitrogens with zero attached hydrogens (tertiary/aromatic N) is 1. The Kier molecular flexibility index (Phi) is 4.13. The minimum absolute atomic E-state index is 0.237. The van der Waals surface area contributed by atoms with E-state index in [0.717, 1.165) is 5.56 Å². The summed E-state index contributed by atoms with van der Waals surface area (Å²) in [5, 5.41) is 0. The van der Waals surface area contributed by atoms with E-state index in [-0.39, 0.29) is 6.02 Å². The zero-order valence-electron chi connectivity index (χ0n) is 13.2.